The monoisotopic (exact) mass is 478 g/mol. The molecule has 0 saturated carbocycles. The standard InChI is InChI=1S/C23H34N4O7/c1-9-18(28)26(13-12-24-21(30)34-23(5,6)7)19(22(2,3)4)20(29)25-16-11-10-15(33-8)14-17(16)27(31)32/h9-11,14,19H,1,12-13H2,2-8H3,(H,24,30)(H,25,29). The molecule has 0 heterocycles. The maximum atomic E-state index is 13.3. The molecule has 0 bridgehead atoms. The molecule has 1 atom stereocenters. The molecule has 0 saturated heterocycles. The van der Waals surface area contributed by atoms with Crippen LogP contribution in [0, 0.1) is 15.5 Å². The van der Waals surface area contributed by atoms with Gasteiger partial charge in [0.15, 0.2) is 0 Å². The number of hydrogen-bond acceptors (Lipinski definition) is 7. The van der Waals surface area contributed by atoms with Gasteiger partial charge in [-0.15, -0.1) is 0 Å². The lowest BCUT2D eigenvalue weighted by Crippen LogP contribution is -2.55. The van der Waals surface area contributed by atoms with Crippen molar-refractivity contribution in [2.75, 3.05) is 25.5 Å². The van der Waals surface area contributed by atoms with Gasteiger partial charge in [-0.25, -0.2) is 4.79 Å². The molecule has 0 aliphatic carbocycles. The zero-order chi connectivity index (χ0) is 26.3. The summed E-state index contributed by atoms with van der Waals surface area (Å²) in [6.45, 7) is 13.9. The lowest BCUT2D eigenvalue weighted by atomic mass is 9.84. The van der Waals surface area contributed by atoms with Crippen molar-refractivity contribution in [2.45, 2.75) is 53.2 Å². The first-order chi connectivity index (χ1) is 15.6. The van der Waals surface area contributed by atoms with Gasteiger partial charge in [0.05, 0.1) is 18.1 Å². The van der Waals surface area contributed by atoms with Crippen molar-refractivity contribution in [1.29, 1.82) is 0 Å². The molecular formula is C23H34N4O7. The van der Waals surface area contributed by atoms with Crippen LogP contribution in [0.4, 0.5) is 16.2 Å². The number of amides is 3. The Morgan fingerprint density at radius 3 is 2.29 bits per heavy atom. The number of rotatable bonds is 9. The quantitative estimate of drug-likeness (QED) is 0.314. The van der Waals surface area contributed by atoms with Crippen LogP contribution >= 0.6 is 0 Å². The highest BCUT2D eigenvalue weighted by molar-refractivity contribution is 6.00. The van der Waals surface area contributed by atoms with Gasteiger partial charge in [0.25, 0.3) is 5.69 Å². The molecule has 0 aromatic heterocycles. The first-order valence-electron chi connectivity index (χ1n) is 10.6. The predicted molar refractivity (Wildman–Crippen MR) is 128 cm³/mol. The summed E-state index contributed by atoms with van der Waals surface area (Å²) in [4.78, 5) is 50.1. The molecule has 188 valence electrons. The minimum Gasteiger partial charge on any atom is -0.496 e. The van der Waals surface area contributed by atoms with Gasteiger partial charge < -0.3 is 25.0 Å². The van der Waals surface area contributed by atoms with Crippen molar-refractivity contribution in [2.24, 2.45) is 5.41 Å². The smallest absolute Gasteiger partial charge is 0.407 e. The van der Waals surface area contributed by atoms with E-state index >= 15 is 0 Å². The van der Waals surface area contributed by atoms with Crippen LogP contribution in [0.2, 0.25) is 0 Å². The van der Waals surface area contributed by atoms with Crippen LogP contribution in [0.5, 0.6) is 5.75 Å². The molecule has 11 heteroatoms. The van der Waals surface area contributed by atoms with Gasteiger partial charge in [-0.2, -0.15) is 0 Å². The minimum atomic E-state index is -1.04. The van der Waals surface area contributed by atoms with Crippen molar-refractivity contribution < 1.29 is 28.8 Å². The average Bonchev–Trinajstić information content (AvgIpc) is 2.70. The van der Waals surface area contributed by atoms with Crippen molar-refractivity contribution in [1.82, 2.24) is 10.2 Å². The third-order valence-corrected chi connectivity index (χ3v) is 4.52. The molecule has 34 heavy (non-hydrogen) atoms. The number of nitro groups is 1. The molecule has 0 fully saturated rings. The SMILES string of the molecule is C=CC(=O)N(CCNC(=O)OC(C)(C)C)C(C(=O)Nc1ccc(OC)cc1[N+](=O)[O-])C(C)(C)C. The molecule has 1 aromatic carbocycles. The minimum absolute atomic E-state index is 0.0109. The number of nitrogens with zero attached hydrogens (tertiary/aromatic N) is 2. The van der Waals surface area contributed by atoms with Crippen molar-refractivity contribution >= 4 is 29.3 Å². The molecule has 0 aliphatic rings. The Labute approximate surface area is 199 Å². The zero-order valence-electron chi connectivity index (χ0n) is 20.8. The van der Waals surface area contributed by atoms with Crippen molar-refractivity contribution in [3.05, 3.63) is 41.0 Å². The van der Waals surface area contributed by atoms with Crippen molar-refractivity contribution in [3.63, 3.8) is 0 Å². The fourth-order valence-electron chi connectivity index (χ4n) is 3.17. The second kappa shape index (κ2) is 11.5. The van der Waals surface area contributed by atoms with Gasteiger partial charge in [0.2, 0.25) is 11.8 Å². The van der Waals surface area contributed by atoms with Gasteiger partial charge in [-0.05, 0) is 44.4 Å². The van der Waals surface area contributed by atoms with E-state index in [0.717, 1.165) is 6.08 Å². The number of alkyl carbamates (subject to hydrolysis) is 1. The van der Waals surface area contributed by atoms with E-state index in [0.29, 0.717) is 0 Å². The highest BCUT2D eigenvalue weighted by atomic mass is 16.6. The Morgan fingerprint density at radius 2 is 1.82 bits per heavy atom. The zero-order valence-corrected chi connectivity index (χ0v) is 20.8. The fraction of sp³-hybridized carbons (Fsp3) is 0.522. The van der Waals surface area contributed by atoms with E-state index in [1.807, 2.05) is 0 Å². The van der Waals surface area contributed by atoms with Crippen LogP contribution in [0.15, 0.2) is 30.9 Å². The van der Waals surface area contributed by atoms with Gasteiger partial charge in [0, 0.05) is 13.1 Å². The third-order valence-electron chi connectivity index (χ3n) is 4.52. The number of carbonyl (C=O) groups is 3. The van der Waals surface area contributed by atoms with E-state index in [4.69, 9.17) is 9.47 Å². The largest absolute Gasteiger partial charge is 0.496 e. The Kier molecular flexibility index (Phi) is 9.59. The van der Waals surface area contributed by atoms with E-state index in [2.05, 4.69) is 17.2 Å². The number of carbonyl (C=O) groups excluding carboxylic acids is 3. The van der Waals surface area contributed by atoms with Crippen LogP contribution in [-0.2, 0) is 14.3 Å². The highest BCUT2D eigenvalue weighted by Crippen LogP contribution is 2.31. The van der Waals surface area contributed by atoms with E-state index in [1.54, 1.807) is 41.5 Å². The second-order valence-electron chi connectivity index (χ2n) is 9.56. The number of hydrogen-bond donors (Lipinski definition) is 2. The lowest BCUT2D eigenvalue weighted by Gasteiger charge is -2.38. The van der Waals surface area contributed by atoms with Crippen LogP contribution in [-0.4, -0.2) is 59.6 Å². The topological polar surface area (TPSA) is 140 Å². The van der Waals surface area contributed by atoms with E-state index < -0.39 is 39.9 Å². The number of benzene rings is 1. The summed E-state index contributed by atoms with van der Waals surface area (Å²) < 4.78 is 10.2. The number of methoxy groups -OCH3 is 1. The summed E-state index contributed by atoms with van der Waals surface area (Å²) in [6.07, 6.45) is 0.402. The molecule has 1 aromatic rings. The van der Waals surface area contributed by atoms with Gasteiger partial charge in [-0.1, -0.05) is 27.4 Å². The Hall–Kier alpha value is -3.63. The Morgan fingerprint density at radius 1 is 1.21 bits per heavy atom. The highest BCUT2D eigenvalue weighted by Gasteiger charge is 2.39. The van der Waals surface area contributed by atoms with Crippen LogP contribution in [0.3, 0.4) is 0 Å². The first-order valence-corrected chi connectivity index (χ1v) is 10.6. The predicted octanol–water partition coefficient (Wildman–Crippen LogP) is 3.50. The summed E-state index contributed by atoms with van der Waals surface area (Å²) in [5.41, 5.74) is -1.85. The Balaban J connectivity index is 3.19. The summed E-state index contributed by atoms with van der Waals surface area (Å²) in [5, 5.41) is 16.6. The molecule has 0 spiro atoms. The molecule has 2 N–H and O–H groups in total. The molecule has 3 amide bonds. The molecular weight excluding hydrogens is 444 g/mol. The third kappa shape index (κ3) is 8.38. The van der Waals surface area contributed by atoms with Crippen LogP contribution in [0.1, 0.15) is 41.5 Å². The van der Waals surface area contributed by atoms with Crippen LogP contribution < -0.4 is 15.4 Å². The fourth-order valence-corrected chi connectivity index (χ4v) is 3.17. The molecule has 1 unspecified atom stereocenters. The van der Waals surface area contributed by atoms with E-state index in [-0.39, 0.29) is 30.2 Å². The van der Waals surface area contributed by atoms with Gasteiger partial charge in [-0.3, -0.25) is 19.7 Å². The Bertz CT molecular complexity index is 932. The summed E-state index contributed by atoms with van der Waals surface area (Å²) in [6, 6.07) is 2.99. The number of anilines is 1. The maximum Gasteiger partial charge on any atom is 0.407 e. The lowest BCUT2D eigenvalue weighted by molar-refractivity contribution is -0.384. The van der Waals surface area contributed by atoms with E-state index in [1.165, 1.54) is 30.2 Å². The maximum absolute atomic E-state index is 13.3. The molecule has 0 radical (unpaired) electrons. The summed E-state index contributed by atoms with van der Waals surface area (Å²) in [5.74, 6) is -0.910. The molecule has 0 aliphatic heterocycles. The average molecular weight is 479 g/mol. The number of nitrogens with one attached hydrogen (secondary N) is 2. The van der Waals surface area contributed by atoms with Gasteiger partial charge >= 0.3 is 6.09 Å². The van der Waals surface area contributed by atoms with Gasteiger partial charge in [0.1, 0.15) is 23.1 Å². The number of ether oxygens (including phenoxy) is 2. The van der Waals surface area contributed by atoms with Crippen LogP contribution in [0.25, 0.3) is 0 Å². The first kappa shape index (κ1) is 28.4. The normalized spacial score (nSPS) is 12.2. The summed E-state index contributed by atoms with van der Waals surface area (Å²) >= 11 is 0. The van der Waals surface area contributed by atoms with E-state index in [9.17, 15) is 24.5 Å². The second-order valence-corrected chi connectivity index (χ2v) is 9.56. The molecule has 11 nitrogen and oxygen atoms in total. The molecule has 1 rings (SSSR count). The summed E-state index contributed by atoms with van der Waals surface area (Å²) in [7, 11) is 1.37. The number of nitro benzene ring substituents is 1. The van der Waals surface area contributed by atoms with Crippen molar-refractivity contribution in [3.8, 4) is 5.75 Å².